The number of aryl methyl sites for hydroxylation is 1. The number of fused-ring (bicyclic) bond motifs is 1. The van der Waals surface area contributed by atoms with E-state index in [1.165, 1.54) is 12.3 Å². The predicted octanol–water partition coefficient (Wildman–Crippen LogP) is 2.23. The average molecular weight is 380 g/mol. The number of benzene rings is 1. The number of halogens is 1. The molecule has 0 saturated heterocycles. The summed E-state index contributed by atoms with van der Waals surface area (Å²) in [5, 5.41) is 0.741. The van der Waals surface area contributed by atoms with Crippen LogP contribution in [0.1, 0.15) is 16.7 Å². The van der Waals surface area contributed by atoms with E-state index in [0.29, 0.717) is 28.5 Å². The Morgan fingerprint density at radius 2 is 2.04 bits per heavy atom. The molecule has 0 fully saturated rings. The highest BCUT2D eigenvalue weighted by atomic mass is 19.1. The van der Waals surface area contributed by atoms with E-state index < -0.39 is 11.4 Å². The summed E-state index contributed by atoms with van der Waals surface area (Å²) in [6.07, 6.45) is 4.91. The number of hydrogen-bond donors (Lipinski definition) is 1. The van der Waals surface area contributed by atoms with Crippen LogP contribution in [-0.2, 0) is 6.42 Å². The van der Waals surface area contributed by atoms with Gasteiger partial charge in [0.25, 0.3) is 0 Å². The largest absolute Gasteiger partial charge is 0.632 e. The molecule has 0 amide bonds. The van der Waals surface area contributed by atoms with Gasteiger partial charge in [0, 0.05) is 29.6 Å². The van der Waals surface area contributed by atoms with Gasteiger partial charge >= 0.3 is 11.6 Å². The summed E-state index contributed by atoms with van der Waals surface area (Å²) in [6.45, 7) is 1.80. The summed E-state index contributed by atoms with van der Waals surface area (Å²) < 4.78 is 25.3. The van der Waals surface area contributed by atoms with Gasteiger partial charge in [0.15, 0.2) is 24.0 Å². The zero-order valence-corrected chi connectivity index (χ0v) is 15.0. The fourth-order valence-corrected chi connectivity index (χ4v) is 2.99. The van der Waals surface area contributed by atoms with Gasteiger partial charge in [-0.15, -0.1) is 9.97 Å². The Balaban J connectivity index is 1.73. The van der Waals surface area contributed by atoms with E-state index in [4.69, 9.17) is 14.9 Å². The Morgan fingerprint density at radius 1 is 1.25 bits per heavy atom. The molecule has 7 nitrogen and oxygen atoms in total. The second-order valence-corrected chi connectivity index (χ2v) is 6.24. The number of nitrogen functional groups attached to an aromatic ring is 1. The Bertz CT molecular complexity index is 1230. The number of H-pyrrole nitrogens is 2. The van der Waals surface area contributed by atoms with E-state index in [9.17, 15) is 9.18 Å². The molecule has 140 valence electrons. The van der Waals surface area contributed by atoms with E-state index in [0.717, 1.165) is 5.39 Å². The predicted molar refractivity (Wildman–Crippen MR) is 98.3 cm³/mol. The van der Waals surface area contributed by atoms with Crippen molar-refractivity contribution in [1.29, 1.82) is 0 Å². The lowest BCUT2D eigenvalue weighted by Gasteiger charge is -2.09. The van der Waals surface area contributed by atoms with Crippen molar-refractivity contribution in [3.05, 3.63) is 81.9 Å². The third-order valence-electron chi connectivity index (χ3n) is 4.46. The van der Waals surface area contributed by atoms with E-state index in [1.54, 1.807) is 43.6 Å². The van der Waals surface area contributed by atoms with Crippen LogP contribution in [0.2, 0.25) is 0 Å². The molecule has 3 aromatic heterocycles. The highest BCUT2D eigenvalue weighted by Crippen LogP contribution is 2.27. The number of nitrogens with zero attached hydrogens (tertiary/aromatic N) is 1. The first-order valence-electron chi connectivity index (χ1n) is 8.54. The monoisotopic (exact) mass is 380 g/mol. The number of aromatic nitrogens is 3. The molecule has 4 rings (SSSR count). The molecule has 0 aliphatic carbocycles. The second kappa shape index (κ2) is 7.07. The first-order chi connectivity index (χ1) is 13.5. The third-order valence-corrected chi connectivity index (χ3v) is 4.46. The van der Waals surface area contributed by atoms with Crippen LogP contribution in [0.5, 0.6) is 11.8 Å². The van der Waals surface area contributed by atoms with Crippen LogP contribution in [0.15, 0.2) is 58.1 Å². The minimum absolute atomic E-state index is 0.0643. The van der Waals surface area contributed by atoms with Gasteiger partial charge in [-0.1, -0.05) is 0 Å². The Morgan fingerprint density at radius 3 is 2.82 bits per heavy atom. The average Bonchev–Trinajstić information content (AvgIpc) is 2.69. The van der Waals surface area contributed by atoms with Gasteiger partial charge in [0.05, 0.1) is 6.07 Å². The van der Waals surface area contributed by atoms with Crippen LogP contribution >= 0.6 is 0 Å². The van der Waals surface area contributed by atoms with Crippen LogP contribution in [0, 0.1) is 12.7 Å². The number of anilines is 1. The molecule has 4 aromatic rings. The van der Waals surface area contributed by atoms with Gasteiger partial charge in [0.1, 0.15) is 11.3 Å². The highest BCUT2D eigenvalue weighted by Gasteiger charge is 2.17. The topological polar surface area (TPSA) is 107 Å². The third kappa shape index (κ3) is 3.27. The Kier molecular flexibility index (Phi) is 4.44. The van der Waals surface area contributed by atoms with Crippen LogP contribution in [0.3, 0.4) is 0 Å². The first-order valence-corrected chi connectivity index (χ1v) is 8.54. The van der Waals surface area contributed by atoms with Gasteiger partial charge in [0.2, 0.25) is 0 Å². The normalized spacial score (nSPS) is 10.9. The molecule has 1 aromatic carbocycles. The SMILES string of the molecule is Cc1c(Cc2ccnc(N)c2F)c(=O)oc2cc(Oc3[nH+]ccc[nH+]3)ccc12. The molecule has 0 atom stereocenters. The smallest absolute Gasteiger partial charge is 0.422 e. The van der Waals surface area contributed by atoms with E-state index >= 15 is 0 Å². The van der Waals surface area contributed by atoms with Crippen molar-refractivity contribution < 1.29 is 23.5 Å². The zero-order chi connectivity index (χ0) is 19.7. The van der Waals surface area contributed by atoms with Crippen molar-refractivity contribution in [1.82, 2.24) is 4.98 Å². The molecule has 0 bridgehead atoms. The second-order valence-electron chi connectivity index (χ2n) is 6.24. The van der Waals surface area contributed by atoms with Crippen molar-refractivity contribution in [3.8, 4) is 11.8 Å². The molecule has 0 saturated carbocycles. The summed E-state index contributed by atoms with van der Waals surface area (Å²) >= 11 is 0. The first kappa shape index (κ1) is 17.6. The van der Waals surface area contributed by atoms with Gasteiger partial charge < -0.3 is 14.9 Å². The number of nitrogens with one attached hydrogen (secondary N) is 2. The molecule has 28 heavy (non-hydrogen) atoms. The van der Waals surface area contributed by atoms with E-state index in [1.807, 2.05) is 0 Å². The van der Waals surface area contributed by atoms with Crippen LogP contribution < -0.4 is 26.1 Å². The summed E-state index contributed by atoms with van der Waals surface area (Å²) in [6, 6.07) is 8.91. The maximum atomic E-state index is 14.2. The molecule has 0 aliphatic rings. The zero-order valence-electron chi connectivity index (χ0n) is 15.0. The maximum Gasteiger partial charge on any atom is 0.632 e. The van der Waals surface area contributed by atoms with Crippen molar-refractivity contribution in [2.24, 2.45) is 0 Å². The summed E-state index contributed by atoms with van der Waals surface area (Å²) in [5.41, 5.74) is 6.74. The lowest BCUT2D eigenvalue weighted by Crippen LogP contribution is -2.18. The van der Waals surface area contributed by atoms with Crippen LogP contribution in [0.4, 0.5) is 10.2 Å². The quantitative estimate of drug-likeness (QED) is 0.547. The number of hydrogen-bond acceptors (Lipinski definition) is 5. The van der Waals surface area contributed by atoms with Gasteiger partial charge in [-0.25, -0.2) is 14.2 Å². The molecule has 4 N–H and O–H groups in total. The van der Waals surface area contributed by atoms with E-state index in [-0.39, 0.29) is 17.8 Å². The van der Waals surface area contributed by atoms with E-state index in [2.05, 4.69) is 15.0 Å². The molecule has 0 aliphatic heterocycles. The van der Waals surface area contributed by atoms with Crippen molar-refractivity contribution >= 4 is 16.8 Å². The molecule has 0 unspecified atom stereocenters. The number of rotatable bonds is 4. The Hall–Kier alpha value is -3.81. The van der Waals surface area contributed by atoms with Gasteiger partial charge in [-0.05, 0) is 36.2 Å². The molecule has 3 heterocycles. The van der Waals surface area contributed by atoms with Crippen LogP contribution in [-0.4, -0.2) is 4.98 Å². The highest BCUT2D eigenvalue weighted by molar-refractivity contribution is 5.82. The number of aromatic amines is 2. The number of pyridine rings is 1. The van der Waals surface area contributed by atoms with Crippen LogP contribution in [0.25, 0.3) is 11.0 Å². The summed E-state index contributed by atoms with van der Waals surface area (Å²) in [4.78, 5) is 22.1. The minimum atomic E-state index is -0.625. The van der Waals surface area contributed by atoms with Gasteiger partial charge in [-0.2, -0.15) is 0 Å². The molecular weight excluding hydrogens is 363 g/mol. The Labute approximate surface area is 158 Å². The fraction of sp³-hybridized carbons (Fsp3) is 0.100. The minimum Gasteiger partial charge on any atom is -0.422 e. The maximum absolute atomic E-state index is 14.2. The molecular formula is C20H17FN4O3+2. The summed E-state index contributed by atoms with van der Waals surface area (Å²) in [7, 11) is 0. The standard InChI is InChI=1S/C20H15FN4O3/c1-11-14-4-3-13(27-20-24-6-2-7-25-20)10-16(14)28-19(26)15(11)9-12-5-8-23-18(22)17(12)21/h2-8,10H,9H2,1H3,(H2,22,23)/p+2. The fourth-order valence-electron chi connectivity index (χ4n) is 2.99. The summed E-state index contributed by atoms with van der Waals surface area (Å²) in [5.74, 6) is -0.327. The molecule has 8 heteroatoms. The molecule has 0 spiro atoms. The van der Waals surface area contributed by atoms with Gasteiger partial charge in [-0.3, -0.25) is 0 Å². The number of nitrogens with two attached hydrogens (primary N) is 1. The molecule has 0 radical (unpaired) electrons. The van der Waals surface area contributed by atoms with Crippen molar-refractivity contribution in [3.63, 3.8) is 0 Å². The lowest BCUT2D eigenvalue weighted by molar-refractivity contribution is -0.545. The number of ether oxygens (including phenoxy) is 1. The lowest BCUT2D eigenvalue weighted by atomic mass is 10.00. The van der Waals surface area contributed by atoms with Crippen molar-refractivity contribution in [2.75, 3.05) is 5.73 Å². The van der Waals surface area contributed by atoms with Crippen molar-refractivity contribution in [2.45, 2.75) is 13.3 Å².